The van der Waals surface area contributed by atoms with Crippen molar-refractivity contribution in [2.75, 3.05) is 0 Å². The molecule has 2 aromatic heterocycles. The second-order valence-corrected chi connectivity index (χ2v) is 4.18. The molecule has 0 amide bonds. The minimum absolute atomic E-state index is 0.130. The van der Waals surface area contributed by atoms with Crippen LogP contribution in [0.2, 0.25) is 0 Å². The summed E-state index contributed by atoms with van der Waals surface area (Å²) < 4.78 is 5.06. The summed E-state index contributed by atoms with van der Waals surface area (Å²) in [5, 5.41) is 20.5. The first-order chi connectivity index (χ1) is 9.63. The molecule has 3 aromatic rings. The van der Waals surface area contributed by atoms with E-state index in [4.69, 9.17) is 4.52 Å². The van der Waals surface area contributed by atoms with E-state index in [1.54, 1.807) is 0 Å². The summed E-state index contributed by atoms with van der Waals surface area (Å²) in [6.07, 6.45) is 0. The molecule has 100 valence electrons. The Balaban J connectivity index is 1.93. The van der Waals surface area contributed by atoms with Gasteiger partial charge in [-0.1, -0.05) is 40.1 Å². The molecule has 1 aromatic carbocycles. The maximum absolute atomic E-state index is 10.6. The van der Waals surface area contributed by atoms with Crippen LogP contribution < -0.4 is 0 Å². The molecule has 1 N–H and O–H groups in total. The number of aryl methyl sites for hydroxylation is 1. The maximum Gasteiger partial charge on any atom is 0.343 e. The highest BCUT2D eigenvalue weighted by Crippen LogP contribution is 2.23. The topological polar surface area (TPSA) is 111 Å². The van der Waals surface area contributed by atoms with Gasteiger partial charge >= 0.3 is 5.82 Å². The Bertz CT molecular complexity index is 760. The van der Waals surface area contributed by atoms with Crippen molar-refractivity contribution < 1.29 is 9.45 Å². The number of rotatable bonds is 3. The number of aromatic amines is 1. The zero-order chi connectivity index (χ0) is 14.1. The van der Waals surface area contributed by atoms with Crippen molar-refractivity contribution in [3.05, 3.63) is 46.0 Å². The second kappa shape index (κ2) is 4.57. The molecule has 0 atom stereocenters. The average Bonchev–Trinajstić information content (AvgIpc) is 3.08. The lowest BCUT2D eigenvalue weighted by Gasteiger charge is -1.94. The molecule has 0 aliphatic heterocycles. The second-order valence-electron chi connectivity index (χ2n) is 4.18. The smallest absolute Gasteiger partial charge is 0.343 e. The van der Waals surface area contributed by atoms with Crippen LogP contribution in [-0.4, -0.2) is 25.3 Å². The van der Waals surface area contributed by atoms with Gasteiger partial charge in [-0.2, -0.15) is 4.98 Å². The minimum Gasteiger partial charge on any atom is -0.358 e. The van der Waals surface area contributed by atoms with E-state index in [-0.39, 0.29) is 17.4 Å². The molecule has 0 saturated carbocycles. The highest BCUT2D eigenvalue weighted by Gasteiger charge is 2.17. The maximum atomic E-state index is 10.6. The highest BCUT2D eigenvalue weighted by molar-refractivity contribution is 5.58. The first-order valence-electron chi connectivity index (χ1n) is 5.74. The molecule has 0 spiro atoms. The van der Waals surface area contributed by atoms with E-state index in [0.29, 0.717) is 5.82 Å². The molecule has 8 nitrogen and oxygen atoms in total. The number of nitro groups is 1. The quantitative estimate of drug-likeness (QED) is 0.578. The summed E-state index contributed by atoms with van der Waals surface area (Å²) in [5.41, 5.74) is 2.17. The number of benzene rings is 1. The van der Waals surface area contributed by atoms with Crippen molar-refractivity contribution in [1.82, 2.24) is 20.3 Å². The van der Waals surface area contributed by atoms with Crippen LogP contribution in [0.1, 0.15) is 5.56 Å². The van der Waals surface area contributed by atoms with Crippen molar-refractivity contribution in [2.45, 2.75) is 6.92 Å². The number of H-pyrrole nitrogens is 1. The van der Waals surface area contributed by atoms with Gasteiger partial charge in [0.25, 0.3) is 5.89 Å². The van der Waals surface area contributed by atoms with Crippen LogP contribution in [0.3, 0.4) is 0 Å². The molecular weight excluding hydrogens is 262 g/mol. The van der Waals surface area contributed by atoms with Crippen LogP contribution in [0, 0.1) is 17.0 Å². The summed E-state index contributed by atoms with van der Waals surface area (Å²) in [6.45, 7) is 1.98. The lowest BCUT2D eigenvalue weighted by atomic mass is 10.1. The van der Waals surface area contributed by atoms with Crippen LogP contribution in [0.4, 0.5) is 5.82 Å². The third-order valence-electron chi connectivity index (χ3n) is 2.72. The molecule has 0 aliphatic rings. The number of hydrogen-bond donors (Lipinski definition) is 1. The van der Waals surface area contributed by atoms with Crippen LogP contribution in [-0.2, 0) is 0 Å². The van der Waals surface area contributed by atoms with Crippen LogP contribution in [0.5, 0.6) is 0 Å². The molecular formula is C12H9N5O3. The molecule has 0 saturated heterocycles. The van der Waals surface area contributed by atoms with Crippen molar-refractivity contribution in [3.63, 3.8) is 0 Å². The predicted octanol–water partition coefficient (Wildman–Crippen LogP) is 2.34. The number of nitrogens with one attached hydrogen (secondary N) is 1. The highest BCUT2D eigenvalue weighted by atomic mass is 16.6. The minimum atomic E-state index is -0.576. The summed E-state index contributed by atoms with van der Waals surface area (Å²) in [6, 6.07) is 8.86. The van der Waals surface area contributed by atoms with E-state index in [1.807, 2.05) is 31.2 Å². The SMILES string of the molecule is Cc1ccc(-c2noc(-c3cc([N+](=O)[O-])[nH]n3)n2)cc1. The van der Waals surface area contributed by atoms with Gasteiger partial charge in [-0.25, -0.2) is 0 Å². The van der Waals surface area contributed by atoms with E-state index in [9.17, 15) is 10.1 Å². The summed E-state index contributed by atoms with van der Waals surface area (Å²) in [5.74, 6) is 0.311. The zero-order valence-corrected chi connectivity index (χ0v) is 10.4. The fraction of sp³-hybridized carbons (Fsp3) is 0.0833. The van der Waals surface area contributed by atoms with E-state index in [1.165, 1.54) is 6.07 Å². The van der Waals surface area contributed by atoms with Crippen LogP contribution in [0.15, 0.2) is 34.9 Å². The number of nitrogens with zero attached hydrogens (tertiary/aromatic N) is 4. The van der Waals surface area contributed by atoms with Gasteiger partial charge in [0.1, 0.15) is 0 Å². The van der Waals surface area contributed by atoms with Crippen molar-refractivity contribution >= 4 is 5.82 Å². The molecule has 0 unspecified atom stereocenters. The lowest BCUT2D eigenvalue weighted by Crippen LogP contribution is -1.86. The van der Waals surface area contributed by atoms with Gasteiger partial charge in [-0.15, -0.1) is 5.10 Å². The lowest BCUT2D eigenvalue weighted by molar-refractivity contribution is -0.389. The Labute approximate surface area is 112 Å². The standard InChI is InChI=1S/C12H9N5O3/c1-7-2-4-8(5-3-7)11-13-12(20-16-11)9-6-10(15-14-9)17(18)19/h2-6H,1H3,(H,14,15). The molecule has 8 heteroatoms. The normalized spacial score (nSPS) is 10.7. The largest absolute Gasteiger partial charge is 0.358 e. The third-order valence-corrected chi connectivity index (χ3v) is 2.72. The van der Waals surface area contributed by atoms with Crippen LogP contribution in [0.25, 0.3) is 23.0 Å². The van der Waals surface area contributed by atoms with Crippen LogP contribution >= 0.6 is 0 Å². The Hall–Kier alpha value is -3.03. The van der Waals surface area contributed by atoms with E-state index >= 15 is 0 Å². The van der Waals surface area contributed by atoms with Gasteiger partial charge in [0.2, 0.25) is 5.82 Å². The van der Waals surface area contributed by atoms with Gasteiger partial charge in [0.15, 0.2) is 5.69 Å². The monoisotopic (exact) mass is 271 g/mol. The number of aromatic nitrogens is 4. The fourth-order valence-electron chi connectivity index (χ4n) is 1.66. The van der Waals surface area contributed by atoms with E-state index in [0.717, 1.165) is 11.1 Å². The molecule has 0 aliphatic carbocycles. The van der Waals surface area contributed by atoms with Crippen molar-refractivity contribution in [1.29, 1.82) is 0 Å². The molecule has 0 fully saturated rings. The number of hydrogen-bond acceptors (Lipinski definition) is 6. The Morgan fingerprint density at radius 2 is 2.05 bits per heavy atom. The Kier molecular flexibility index (Phi) is 2.75. The van der Waals surface area contributed by atoms with Crippen molar-refractivity contribution in [3.8, 4) is 23.0 Å². The average molecular weight is 271 g/mol. The molecule has 20 heavy (non-hydrogen) atoms. The zero-order valence-electron chi connectivity index (χ0n) is 10.4. The first-order valence-corrected chi connectivity index (χ1v) is 5.74. The third kappa shape index (κ3) is 2.14. The fourth-order valence-corrected chi connectivity index (χ4v) is 1.66. The van der Waals surface area contributed by atoms with Gasteiger partial charge in [-0.3, -0.25) is 0 Å². The molecule has 3 rings (SSSR count). The summed E-state index contributed by atoms with van der Waals surface area (Å²) in [7, 11) is 0. The Morgan fingerprint density at radius 3 is 2.70 bits per heavy atom. The summed E-state index contributed by atoms with van der Waals surface area (Å²) in [4.78, 5) is 14.2. The first kappa shape index (κ1) is 12.0. The van der Waals surface area contributed by atoms with Crippen molar-refractivity contribution in [2.24, 2.45) is 0 Å². The van der Waals surface area contributed by atoms with Gasteiger partial charge < -0.3 is 14.6 Å². The Morgan fingerprint density at radius 1 is 1.30 bits per heavy atom. The molecule has 0 radical (unpaired) electrons. The van der Waals surface area contributed by atoms with Gasteiger partial charge in [0, 0.05) is 5.56 Å². The van der Waals surface area contributed by atoms with E-state index in [2.05, 4.69) is 20.3 Å². The van der Waals surface area contributed by atoms with Gasteiger partial charge in [0.05, 0.1) is 6.07 Å². The molecule has 0 bridgehead atoms. The predicted molar refractivity (Wildman–Crippen MR) is 68.7 cm³/mol. The van der Waals surface area contributed by atoms with E-state index < -0.39 is 4.92 Å². The van der Waals surface area contributed by atoms with Gasteiger partial charge in [-0.05, 0) is 11.8 Å². The summed E-state index contributed by atoms with van der Waals surface area (Å²) >= 11 is 0. The molecule has 2 heterocycles.